The third-order valence-corrected chi connectivity index (χ3v) is 4.26. The lowest BCUT2D eigenvalue weighted by Crippen LogP contribution is -2.23. The molecule has 1 aliphatic heterocycles. The van der Waals surface area contributed by atoms with Crippen LogP contribution in [0.15, 0.2) is 42.9 Å². The van der Waals surface area contributed by atoms with Gasteiger partial charge in [-0.25, -0.2) is 4.98 Å². The Bertz CT molecular complexity index is 807. The van der Waals surface area contributed by atoms with Crippen LogP contribution in [0.3, 0.4) is 0 Å². The molecule has 0 saturated carbocycles. The first-order chi connectivity index (χ1) is 10.2. The summed E-state index contributed by atoms with van der Waals surface area (Å²) in [5.74, 6) is 0.981. The SMILES string of the molecule is CC(O)(c1ccc2c3c(ccc2c1)OCC3)c1c[nH]cn1. The molecule has 106 valence electrons. The number of imidazole rings is 1. The highest BCUT2D eigenvalue weighted by Crippen LogP contribution is 2.35. The number of nitrogens with zero attached hydrogens (tertiary/aromatic N) is 1. The van der Waals surface area contributed by atoms with Crippen molar-refractivity contribution in [2.24, 2.45) is 0 Å². The highest BCUT2D eigenvalue weighted by atomic mass is 16.5. The Hall–Kier alpha value is -2.33. The third kappa shape index (κ3) is 1.83. The number of rotatable bonds is 2. The molecule has 4 nitrogen and oxygen atoms in total. The number of aromatic nitrogens is 2. The molecule has 3 aromatic rings. The number of ether oxygens (including phenoxy) is 1. The molecule has 0 bridgehead atoms. The Morgan fingerprint density at radius 2 is 2.19 bits per heavy atom. The fourth-order valence-corrected chi connectivity index (χ4v) is 3.01. The Morgan fingerprint density at radius 1 is 1.29 bits per heavy atom. The van der Waals surface area contributed by atoms with Crippen molar-refractivity contribution in [3.63, 3.8) is 0 Å². The zero-order valence-corrected chi connectivity index (χ0v) is 11.8. The Morgan fingerprint density at radius 3 is 3.00 bits per heavy atom. The van der Waals surface area contributed by atoms with E-state index in [2.05, 4.69) is 16.0 Å². The molecule has 1 aromatic heterocycles. The van der Waals surface area contributed by atoms with Crippen molar-refractivity contribution in [3.8, 4) is 5.75 Å². The average Bonchev–Trinajstić information content (AvgIpc) is 3.17. The van der Waals surface area contributed by atoms with Gasteiger partial charge in [0, 0.05) is 18.2 Å². The Kier molecular flexibility index (Phi) is 2.56. The largest absolute Gasteiger partial charge is 0.493 e. The Labute approximate surface area is 122 Å². The molecule has 0 fully saturated rings. The van der Waals surface area contributed by atoms with Gasteiger partial charge in [-0.3, -0.25) is 0 Å². The van der Waals surface area contributed by atoms with Crippen LogP contribution in [-0.2, 0) is 12.0 Å². The smallest absolute Gasteiger partial charge is 0.130 e. The van der Waals surface area contributed by atoms with E-state index in [1.165, 1.54) is 10.9 Å². The molecule has 0 radical (unpaired) electrons. The van der Waals surface area contributed by atoms with E-state index in [1.54, 1.807) is 19.4 Å². The highest BCUT2D eigenvalue weighted by Gasteiger charge is 2.28. The van der Waals surface area contributed by atoms with Gasteiger partial charge in [0.2, 0.25) is 0 Å². The van der Waals surface area contributed by atoms with Gasteiger partial charge >= 0.3 is 0 Å². The van der Waals surface area contributed by atoms with Crippen molar-refractivity contribution >= 4 is 10.8 Å². The zero-order valence-electron chi connectivity index (χ0n) is 11.8. The lowest BCUT2D eigenvalue weighted by Gasteiger charge is -2.22. The first kappa shape index (κ1) is 12.4. The molecule has 4 rings (SSSR count). The topological polar surface area (TPSA) is 58.1 Å². The number of aliphatic hydroxyl groups is 1. The van der Waals surface area contributed by atoms with Gasteiger partial charge in [0.25, 0.3) is 0 Å². The summed E-state index contributed by atoms with van der Waals surface area (Å²) in [6.07, 6.45) is 4.25. The maximum Gasteiger partial charge on any atom is 0.130 e. The second-order valence-electron chi connectivity index (χ2n) is 5.60. The summed E-state index contributed by atoms with van der Waals surface area (Å²) in [6, 6.07) is 10.1. The summed E-state index contributed by atoms with van der Waals surface area (Å²) in [5.41, 5.74) is 1.61. The Balaban J connectivity index is 1.87. The van der Waals surface area contributed by atoms with Gasteiger partial charge in [0.15, 0.2) is 0 Å². The van der Waals surface area contributed by atoms with Crippen molar-refractivity contribution in [2.45, 2.75) is 18.9 Å². The number of benzene rings is 2. The van der Waals surface area contributed by atoms with Crippen molar-refractivity contribution in [1.82, 2.24) is 9.97 Å². The number of hydrogen-bond acceptors (Lipinski definition) is 3. The van der Waals surface area contributed by atoms with E-state index in [9.17, 15) is 5.11 Å². The molecule has 1 aliphatic rings. The fourth-order valence-electron chi connectivity index (χ4n) is 3.01. The normalized spacial score (nSPS) is 16.5. The predicted molar refractivity (Wildman–Crippen MR) is 80.4 cm³/mol. The molecule has 0 aliphatic carbocycles. The van der Waals surface area contributed by atoms with Crippen molar-refractivity contribution in [3.05, 3.63) is 59.7 Å². The standard InChI is InChI=1S/C17H16N2O2/c1-17(20,16-9-18-10-19-16)12-3-4-13-11(8-12)2-5-15-14(13)6-7-21-15/h2-5,8-10,20H,6-7H2,1H3,(H,18,19). The molecule has 0 spiro atoms. The van der Waals surface area contributed by atoms with E-state index >= 15 is 0 Å². The number of H-pyrrole nitrogens is 1. The van der Waals surface area contributed by atoms with E-state index in [4.69, 9.17) is 4.74 Å². The van der Waals surface area contributed by atoms with Crippen LogP contribution < -0.4 is 4.74 Å². The van der Waals surface area contributed by atoms with E-state index in [-0.39, 0.29) is 0 Å². The monoisotopic (exact) mass is 280 g/mol. The molecule has 21 heavy (non-hydrogen) atoms. The minimum atomic E-state index is -1.11. The van der Waals surface area contributed by atoms with E-state index < -0.39 is 5.60 Å². The summed E-state index contributed by atoms with van der Waals surface area (Å²) < 4.78 is 5.60. The minimum absolute atomic E-state index is 0.617. The number of aromatic amines is 1. The van der Waals surface area contributed by atoms with Gasteiger partial charge in [-0.1, -0.05) is 18.2 Å². The van der Waals surface area contributed by atoms with Crippen LogP contribution in [0, 0.1) is 0 Å². The van der Waals surface area contributed by atoms with Crippen LogP contribution in [0.4, 0.5) is 0 Å². The second-order valence-corrected chi connectivity index (χ2v) is 5.60. The van der Waals surface area contributed by atoms with Crippen molar-refractivity contribution in [1.29, 1.82) is 0 Å². The van der Waals surface area contributed by atoms with Gasteiger partial charge in [-0.15, -0.1) is 0 Å². The summed E-state index contributed by atoms with van der Waals surface area (Å²) in [6.45, 7) is 2.52. The first-order valence-electron chi connectivity index (χ1n) is 7.07. The summed E-state index contributed by atoms with van der Waals surface area (Å²) in [5, 5.41) is 13.1. The molecular weight excluding hydrogens is 264 g/mol. The average molecular weight is 280 g/mol. The third-order valence-electron chi connectivity index (χ3n) is 4.26. The summed E-state index contributed by atoms with van der Waals surface area (Å²) in [4.78, 5) is 7.07. The second kappa shape index (κ2) is 4.33. The van der Waals surface area contributed by atoms with Crippen LogP contribution in [-0.4, -0.2) is 21.7 Å². The molecule has 1 atom stereocenters. The summed E-state index contributed by atoms with van der Waals surface area (Å²) in [7, 11) is 0. The lowest BCUT2D eigenvalue weighted by molar-refractivity contribution is 0.0980. The predicted octanol–water partition coefficient (Wildman–Crippen LogP) is 2.75. The maximum absolute atomic E-state index is 10.8. The quantitative estimate of drug-likeness (QED) is 0.759. The van der Waals surface area contributed by atoms with Crippen LogP contribution in [0.1, 0.15) is 23.7 Å². The molecule has 2 aromatic carbocycles. The molecule has 2 heterocycles. The van der Waals surface area contributed by atoms with Crippen LogP contribution >= 0.6 is 0 Å². The first-order valence-corrected chi connectivity index (χ1v) is 7.07. The van der Waals surface area contributed by atoms with Crippen molar-refractivity contribution in [2.75, 3.05) is 6.61 Å². The number of nitrogens with one attached hydrogen (secondary N) is 1. The zero-order chi connectivity index (χ0) is 14.4. The molecule has 4 heteroatoms. The minimum Gasteiger partial charge on any atom is -0.493 e. The molecule has 1 unspecified atom stereocenters. The van der Waals surface area contributed by atoms with E-state index in [0.717, 1.165) is 29.7 Å². The van der Waals surface area contributed by atoms with E-state index in [1.807, 2.05) is 24.3 Å². The molecule has 0 amide bonds. The molecular formula is C17H16N2O2. The van der Waals surface area contributed by atoms with Gasteiger partial charge in [0.05, 0.1) is 18.6 Å². The van der Waals surface area contributed by atoms with Gasteiger partial charge in [-0.2, -0.15) is 0 Å². The van der Waals surface area contributed by atoms with E-state index in [0.29, 0.717) is 5.69 Å². The van der Waals surface area contributed by atoms with Crippen molar-refractivity contribution < 1.29 is 9.84 Å². The molecule has 2 N–H and O–H groups in total. The van der Waals surface area contributed by atoms with Crippen LogP contribution in [0.25, 0.3) is 10.8 Å². The maximum atomic E-state index is 10.8. The van der Waals surface area contributed by atoms with Crippen LogP contribution in [0.5, 0.6) is 5.75 Å². The van der Waals surface area contributed by atoms with Gasteiger partial charge in [-0.05, 0) is 35.4 Å². The fraction of sp³-hybridized carbons (Fsp3) is 0.235. The summed E-state index contributed by atoms with van der Waals surface area (Å²) >= 11 is 0. The van der Waals surface area contributed by atoms with Gasteiger partial charge < -0.3 is 14.8 Å². The number of hydrogen-bond donors (Lipinski definition) is 2. The lowest BCUT2D eigenvalue weighted by atomic mass is 9.90. The highest BCUT2D eigenvalue weighted by molar-refractivity contribution is 5.89. The van der Waals surface area contributed by atoms with Crippen LogP contribution in [0.2, 0.25) is 0 Å². The molecule has 0 saturated heterocycles. The number of fused-ring (bicyclic) bond motifs is 3. The van der Waals surface area contributed by atoms with Gasteiger partial charge in [0.1, 0.15) is 11.4 Å².